The smallest absolute Gasteiger partial charge is 0.207 e. The fourth-order valence-corrected chi connectivity index (χ4v) is 1.68. The summed E-state index contributed by atoms with van der Waals surface area (Å²) in [7, 11) is 0. The predicted octanol–water partition coefficient (Wildman–Crippen LogP) is 4.74. The molecule has 0 N–H and O–H groups in total. The zero-order valence-electron chi connectivity index (χ0n) is 10.3. The van der Waals surface area contributed by atoms with Crippen LogP contribution in [0.25, 0.3) is 0 Å². The maximum atomic E-state index is 13.5. The number of hydrogen-bond acceptors (Lipinski definition) is 1. The van der Waals surface area contributed by atoms with Crippen LogP contribution in [-0.4, -0.2) is 0 Å². The summed E-state index contributed by atoms with van der Waals surface area (Å²) in [6, 6.07) is 6.21. The van der Waals surface area contributed by atoms with Crippen LogP contribution in [-0.2, 0) is 6.42 Å². The molecule has 0 saturated carbocycles. The number of benzene rings is 2. The predicted molar refractivity (Wildman–Crippen MR) is 62.1 cm³/mol. The average Bonchev–Trinajstić information content (AvgIpc) is 2.48. The van der Waals surface area contributed by atoms with Crippen molar-refractivity contribution in [2.45, 2.75) is 13.3 Å². The first-order valence-corrected chi connectivity index (χ1v) is 5.74. The van der Waals surface area contributed by atoms with Crippen LogP contribution in [0.1, 0.15) is 12.5 Å². The molecule has 0 aliphatic rings. The number of ether oxygens (including phenoxy) is 1. The summed E-state index contributed by atoms with van der Waals surface area (Å²) in [4.78, 5) is 0. The molecule has 0 fully saturated rings. The molecule has 0 bridgehead atoms. The van der Waals surface area contributed by atoms with Gasteiger partial charge in [0.25, 0.3) is 0 Å². The van der Waals surface area contributed by atoms with Crippen molar-refractivity contribution in [3.05, 3.63) is 58.9 Å². The topological polar surface area (TPSA) is 9.23 Å². The van der Waals surface area contributed by atoms with E-state index in [1.807, 2.05) is 0 Å². The van der Waals surface area contributed by atoms with Crippen LogP contribution in [0.2, 0.25) is 0 Å². The molecule has 0 saturated heterocycles. The van der Waals surface area contributed by atoms with Crippen molar-refractivity contribution in [3.63, 3.8) is 0 Å². The van der Waals surface area contributed by atoms with E-state index in [0.717, 1.165) is 0 Å². The van der Waals surface area contributed by atoms with Crippen LogP contribution >= 0.6 is 0 Å². The molecule has 2 aromatic rings. The van der Waals surface area contributed by atoms with E-state index in [2.05, 4.69) is 0 Å². The van der Waals surface area contributed by atoms with E-state index >= 15 is 0 Å². The third-order valence-corrected chi connectivity index (χ3v) is 2.74. The first-order valence-electron chi connectivity index (χ1n) is 5.74. The van der Waals surface area contributed by atoms with Crippen LogP contribution in [0.5, 0.6) is 11.5 Å². The second-order valence-corrected chi connectivity index (χ2v) is 3.96. The Kier molecular flexibility index (Phi) is 3.92. The summed E-state index contributed by atoms with van der Waals surface area (Å²) in [6.07, 6.45) is 0.478. The van der Waals surface area contributed by atoms with Gasteiger partial charge in [-0.3, -0.25) is 0 Å². The number of halogens is 5. The summed E-state index contributed by atoms with van der Waals surface area (Å²) < 4.78 is 70.8. The molecule has 0 aliphatic carbocycles. The second-order valence-electron chi connectivity index (χ2n) is 3.96. The SMILES string of the molecule is CCc1ccccc1Oc1c(F)c(F)c(F)c(F)c1F. The fourth-order valence-electron chi connectivity index (χ4n) is 1.68. The lowest BCUT2D eigenvalue weighted by Gasteiger charge is -2.12. The highest BCUT2D eigenvalue weighted by Crippen LogP contribution is 2.34. The number of rotatable bonds is 3. The van der Waals surface area contributed by atoms with E-state index in [1.54, 1.807) is 19.1 Å². The monoisotopic (exact) mass is 288 g/mol. The summed E-state index contributed by atoms with van der Waals surface area (Å²) in [5, 5.41) is 0. The van der Waals surface area contributed by atoms with E-state index in [9.17, 15) is 22.0 Å². The third kappa shape index (κ3) is 2.33. The number of hydrogen-bond donors (Lipinski definition) is 0. The van der Waals surface area contributed by atoms with Gasteiger partial charge in [-0.15, -0.1) is 0 Å². The summed E-state index contributed by atoms with van der Waals surface area (Å²) >= 11 is 0. The van der Waals surface area contributed by atoms with E-state index in [0.29, 0.717) is 12.0 Å². The normalized spacial score (nSPS) is 10.7. The zero-order chi connectivity index (χ0) is 14.9. The molecule has 0 aromatic heterocycles. The van der Waals surface area contributed by atoms with E-state index in [-0.39, 0.29) is 5.75 Å². The van der Waals surface area contributed by atoms with Crippen molar-refractivity contribution >= 4 is 0 Å². The molecule has 0 spiro atoms. The molecule has 20 heavy (non-hydrogen) atoms. The van der Waals surface area contributed by atoms with Crippen molar-refractivity contribution in [1.29, 1.82) is 0 Å². The Morgan fingerprint density at radius 2 is 1.30 bits per heavy atom. The van der Waals surface area contributed by atoms with Gasteiger partial charge in [0.05, 0.1) is 0 Å². The number of aryl methyl sites for hydroxylation is 1. The Balaban J connectivity index is 2.54. The minimum atomic E-state index is -2.21. The minimum absolute atomic E-state index is 0.0400. The van der Waals surface area contributed by atoms with Gasteiger partial charge in [-0.2, -0.15) is 8.78 Å². The average molecular weight is 288 g/mol. The summed E-state index contributed by atoms with van der Waals surface area (Å²) in [5.74, 6) is -11.5. The molecule has 2 rings (SSSR count). The van der Waals surface area contributed by atoms with Gasteiger partial charge in [-0.25, -0.2) is 13.2 Å². The van der Waals surface area contributed by atoms with Gasteiger partial charge < -0.3 is 4.74 Å². The Bertz CT molecular complexity index is 625. The molecular formula is C14H9F5O. The summed E-state index contributed by atoms with van der Waals surface area (Å²) in [6.45, 7) is 1.76. The van der Waals surface area contributed by atoms with Crippen molar-refractivity contribution in [2.75, 3.05) is 0 Å². The molecule has 1 nitrogen and oxygen atoms in total. The Hall–Kier alpha value is -2.11. The second kappa shape index (κ2) is 5.48. The minimum Gasteiger partial charge on any atom is -0.451 e. The highest BCUT2D eigenvalue weighted by Gasteiger charge is 2.27. The Labute approximate surface area is 111 Å². The highest BCUT2D eigenvalue weighted by molar-refractivity contribution is 5.39. The quantitative estimate of drug-likeness (QED) is 0.450. The molecule has 2 aromatic carbocycles. The Morgan fingerprint density at radius 3 is 1.85 bits per heavy atom. The Morgan fingerprint density at radius 1 is 0.800 bits per heavy atom. The van der Waals surface area contributed by atoms with Crippen molar-refractivity contribution in [3.8, 4) is 11.5 Å². The molecule has 6 heteroatoms. The molecule has 0 aliphatic heterocycles. The van der Waals surface area contributed by atoms with Crippen LogP contribution in [0, 0.1) is 29.1 Å². The van der Waals surface area contributed by atoms with Crippen molar-refractivity contribution in [2.24, 2.45) is 0 Å². The van der Waals surface area contributed by atoms with Gasteiger partial charge in [-0.1, -0.05) is 25.1 Å². The lowest BCUT2D eigenvalue weighted by molar-refractivity contribution is 0.331. The van der Waals surface area contributed by atoms with Gasteiger partial charge in [-0.05, 0) is 18.1 Å². The first-order chi connectivity index (χ1) is 9.47. The molecule has 0 radical (unpaired) electrons. The van der Waals surface area contributed by atoms with E-state index in [4.69, 9.17) is 4.74 Å². The lowest BCUT2D eigenvalue weighted by atomic mass is 10.1. The molecule has 106 valence electrons. The largest absolute Gasteiger partial charge is 0.451 e. The first kappa shape index (κ1) is 14.3. The van der Waals surface area contributed by atoms with Crippen LogP contribution in [0.4, 0.5) is 22.0 Å². The van der Waals surface area contributed by atoms with Crippen LogP contribution < -0.4 is 4.74 Å². The van der Waals surface area contributed by atoms with Gasteiger partial charge in [0.15, 0.2) is 0 Å². The highest BCUT2D eigenvalue weighted by atomic mass is 19.2. The molecule has 0 amide bonds. The maximum Gasteiger partial charge on any atom is 0.207 e. The van der Waals surface area contributed by atoms with E-state index < -0.39 is 34.8 Å². The molecule has 0 unspecified atom stereocenters. The number of para-hydroxylation sites is 1. The standard InChI is InChI=1S/C14H9F5O/c1-2-7-5-3-4-6-8(7)20-14-12(18)10(16)9(15)11(17)13(14)19/h3-6H,2H2,1H3. The molecule has 0 atom stereocenters. The third-order valence-electron chi connectivity index (χ3n) is 2.74. The van der Waals surface area contributed by atoms with Gasteiger partial charge in [0.2, 0.25) is 34.8 Å². The maximum absolute atomic E-state index is 13.5. The van der Waals surface area contributed by atoms with Crippen LogP contribution in [0.15, 0.2) is 24.3 Å². The van der Waals surface area contributed by atoms with Crippen molar-refractivity contribution < 1.29 is 26.7 Å². The van der Waals surface area contributed by atoms with Crippen molar-refractivity contribution in [1.82, 2.24) is 0 Å². The van der Waals surface area contributed by atoms with Gasteiger partial charge in [0, 0.05) is 0 Å². The van der Waals surface area contributed by atoms with Gasteiger partial charge in [0.1, 0.15) is 5.75 Å². The lowest BCUT2D eigenvalue weighted by Crippen LogP contribution is -2.04. The van der Waals surface area contributed by atoms with Crippen LogP contribution in [0.3, 0.4) is 0 Å². The fraction of sp³-hybridized carbons (Fsp3) is 0.143. The van der Waals surface area contributed by atoms with E-state index in [1.165, 1.54) is 12.1 Å². The molecule has 0 heterocycles. The molecular weight excluding hydrogens is 279 g/mol. The summed E-state index contributed by atoms with van der Waals surface area (Å²) in [5.41, 5.74) is 0.580. The van der Waals surface area contributed by atoms with Gasteiger partial charge >= 0.3 is 0 Å². The zero-order valence-corrected chi connectivity index (χ0v) is 10.3.